The largest absolute Gasteiger partial charge is 0.340 e. The monoisotopic (exact) mass is 404 g/mol. The molecule has 0 fully saturated rings. The number of hydrogen-bond donors (Lipinski definition) is 0. The van der Waals surface area contributed by atoms with Gasteiger partial charge in [0.25, 0.3) is 0 Å². The highest BCUT2D eigenvalue weighted by molar-refractivity contribution is 6.22. The number of aryl methyl sites for hydroxylation is 3. The Hall–Kier alpha value is -3.52. The van der Waals surface area contributed by atoms with E-state index in [-0.39, 0.29) is 0 Å². The van der Waals surface area contributed by atoms with Crippen molar-refractivity contribution in [3.63, 3.8) is 0 Å². The minimum atomic E-state index is 0.756. The Morgan fingerprint density at radius 1 is 0.839 bits per heavy atom. The summed E-state index contributed by atoms with van der Waals surface area (Å²) in [6.07, 6.45) is 5.81. The van der Waals surface area contributed by atoms with Crippen LogP contribution in [0.25, 0.3) is 43.6 Å². The summed E-state index contributed by atoms with van der Waals surface area (Å²) >= 11 is 0. The second kappa shape index (κ2) is 7.31. The molecule has 31 heavy (non-hydrogen) atoms. The van der Waals surface area contributed by atoms with E-state index in [1.54, 1.807) is 6.08 Å². The van der Waals surface area contributed by atoms with Crippen LogP contribution in [-0.4, -0.2) is 9.13 Å². The molecule has 0 N–H and O–H groups in total. The number of allylic oxidation sites excluding steroid dienone is 4. The molecule has 2 nitrogen and oxygen atoms in total. The van der Waals surface area contributed by atoms with Crippen molar-refractivity contribution in [1.29, 1.82) is 0 Å². The van der Waals surface area contributed by atoms with Gasteiger partial charge in [-0.1, -0.05) is 67.8 Å². The molecule has 5 rings (SSSR count). The molecule has 3 aromatic carbocycles. The number of rotatable bonds is 5. The lowest BCUT2D eigenvalue weighted by Crippen LogP contribution is -2.02. The van der Waals surface area contributed by atoms with E-state index in [9.17, 15) is 0 Å². The predicted molar refractivity (Wildman–Crippen MR) is 136 cm³/mol. The molecular formula is C29H28N2. The molecular weight excluding hydrogens is 376 g/mol. The molecule has 0 aliphatic heterocycles. The molecule has 0 bridgehead atoms. The molecule has 0 aliphatic rings. The fraction of sp³-hybridized carbons (Fsp3) is 0.172. The summed E-state index contributed by atoms with van der Waals surface area (Å²) in [5.41, 5.74) is 9.01. The lowest BCUT2D eigenvalue weighted by molar-refractivity contribution is 0.823. The van der Waals surface area contributed by atoms with Gasteiger partial charge in [0.15, 0.2) is 0 Å². The van der Waals surface area contributed by atoms with E-state index in [0.717, 1.165) is 18.7 Å². The zero-order chi connectivity index (χ0) is 21.7. The van der Waals surface area contributed by atoms with Crippen LogP contribution < -0.4 is 0 Å². The Kier molecular flexibility index (Phi) is 4.59. The molecule has 154 valence electrons. The van der Waals surface area contributed by atoms with Gasteiger partial charge in [0, 0.05) is 45.7 Å². The van der Waals surface area contributed by atoms with Crippen LogP contribution in [0.4, 0.5) is 0 Å². The average molecular weight is 405 g/mol. The van der Waals surface area contributed by atoms with Crippen LogP contribution in [0, 0.1) is 13.8 Å². The molecule has 0 atom stereocenters. The lowest BCUT2D eigenvalue weighted by Gasteiger charge is -2.13. The van der Waals surface area contributed by atoms with Crippen molar-refractivity contribution in [2.45, 2.75) is 33.9 Å². The second-order valence-electron chi connectivity index (χ2n) is 8.31. The van der Waals surface area contributed by atoms with Gasteiger partial charge in [-0.25, -0.2) is 0 Å². The predicted octanol–water partition coefficient (Wildman–Crippen LogP) is 7.84. The number of nitrogens with zero attached hydrogens (tertiary/aromatic N) is 2. The first-order chi connectivity index (χ1) is 15.1. The van der Waals surface area contributed by atoms with E-state index in [1.807, 2.05) is 6.08 Å². The summed E-state index contributed by atoms with van der Waals surface area (Å²) in [5, 5.41) is 5.40. The zero-order valence-corrected chi connectivity index (χ0v) is 18.6. The Bertz CT molecular complexity index is 1540. The van der Waals surface area contributed by atoms with Crippen molar-refractivity contribution < 1.29 is 0 Å². The molecule has 0 spiro atoms. The van der Waals surface area contributed by atoms with Gasteiger partial charge in [-0.15, -0.1) is 0 Å². The van der Waals surface area contributed by atoms with E-state index < -0.39 is 0 Å². The third-order valence-electron chi connectivity index (χ3n) is 6.55. The van der Waals surface area contributed by atoms with Gasteiger partial charge in [-0.05, 0) is 49.6 Å². The van der Waals surface area contributed by atoms with Crippen molar-refractivity contribution in [1.82, 2.24) is 9.13 Å². The van der Waals surface area contributed by atoms with Crippen LogP contribution in [0.1, 0.15) is 18.1 Å². The minimum absolute atomic E-state index is 0.756. The maximum absolute atomic E-state index is 4.30. The fourth-order valence-electron chi connectivity index (χ4n) is 5.34. The lowest BCUT2D eigenvalue weighted by atomic mass is 9.98. The quantitative estimate of drug-likeness (QED) is 0.264. The number of hydrogen-bond acceptors (Lipinski definition) is 0. The summed E-state index contributed by atoms with van der Waals surface area (Å²) in [5.74, 6) is 0. The molecule has 2 heteroatoms. The van der Waals surface area contributed by atoms with Gasteiger partial charge in [-0.2, -0.15) is 0 Å². The van der Waals surface area contributed by atoms with Gasteiger partial charge >= 0.3 is 0 Å². The zero-order valence-electron chi connectivity index (χ0n) is 18.6. The number of para-hydroxylation sites is 2. The molecule has 0 unspecified atom stereocenters. The van der Waals surface area contributed by atoms with Crippen molar-refractivity contribution in [2.24, 2.45) is 0 Å². The molecule has 0 aliphatic carbocycles. The second-order valence-corrected chi connectivity index (χ2v) is 8.31. The Morgan fingerprint density at radius 3 is 1.97 bits per heavy atom. The molecule has 2 heterocycles. The highest BCUT2D eigenvalue weighted by atomic mass is 15.0. The maximum Gasteiger partial charge on any atom is 0.0548 e. The number of aromatic nitrogens is 2. The van der Waals surface area contributed by atoms with Crippen LogP contribution in [0.2, 0.25) is 0 Å². The molecule has 0 amide bonds. The average Bonchev–Trinajstić information content (AvgIpc) is 3.30. The van der Waals surface area contributed by atoms with Crippen molar-refractivity contribution >= 4 is 43.6 Å². The first-order valence-corrected chi connectivity index (χ1v) is 11.0. The molecule has 0 saturated carbocycles. The summed E-state index contributed by atoms with van der Waals surface area (Å²) in [7, 11) is 0. The first-order valence-electron chi connectivity index (χ1n) is 11.0. The van der Waals surface area contributed by atoms with E-state index in [1.165, 1.54) is 54.7 Å². The van der Waals surface area contributed by atoms with Gasteiger partial charge in [-0.3, -0.25) is 0 Å². The van der Waals surface area contributed by atoms with Crippen LogP contribution in [0.15, 0.2) is 85.5 Å². The molecule has 2 aromatic heterocycles. The molecule has 0 saturated heterocycles. The van der Waals surface area contributed by atoms with E-state index in [0.29, 0.717) is 0 Å². The minimum Gasteiger partial charge on any atom is -0.340 e. The van der Waals surface area contributed by atoms with Crippen LogP contribution in [0.3, 0.4) is 0 Å². The number of fused-ring (bicyclic) bond motifs is 6. The van der Waals surface area contributed by atoms with E-state index in [4.69, 9.17) is 0 Å². The van der Waals surface area contributed by atoms with Crippen molar-refractivity contribution in [2.75, 3.05) is 0 Å². The van der Waals surface area contributed by atoms with Crippen LogP contribution >= 0.6 is 0 Å². The number of benzene rings is 3. The summed E-state index contributed by atoms with van der Waals surface area (Å²) in [6.45, 7) is 16.6. The Balaban J connectivity index is 1.99. The maximum atomic E-state index is 4.30. The van der Waals surface area contributed by atoms with E-state index in [2.05, 4.69) is 97.7 Å². The normalized spacial score (nSPS) is 12.1. The highest BCUT2D eigenvalue weighted by Crippen LogP contribution is 2.42. The van der Waals surface area contributed by atoms with Crippen molar-refractivity contribution in [3.05, 3.63) is 96.6 Å². The first kappa shape index (κ1) is 19.4. The fourth-order valence-corrected chi connectivity index (χ4v) is 5.34. The van der Waals surface area contributed by atoms with Gasteiger partial charge in [0.1, 0.15) is 0 Å². The Labute approximate surface area is 183 Å². The molecule has 0 radical (unpaired) electrons. The Morgan fingerprint density at radius 2 is 1.39 bits per heavy atom. The van der Waals surface area contributed by atoms with Gasteiger partial charge < -0.3 is 9.13 Å². The third kappa shape index (κ3) is 2.71. The summed E-state index contributed by atoms with van der Waals surface area (Å²) in [4.78, 5) is 0. The summed E-state index contributed by atoms with van der Waals surface area (Å²) in [6, 6.07) is 17.6. The SMILES string of the molecule is C=C/C=C\C(=C)Cn1c2ccccc2c2c(C)c3c4ccccc4n(CC)c3c(C)c21. The highest BCUT2D eigenvalue weighted by Gasteiger charge is 2.22. The van der Waals surface area contributed by atoms with Crippen LogP contribution in [-0.2, 0) is 13.1 Å². The topological polar surface area (TPSA) is 9.86 Å². The van der Waals surface area contributed by atoms with E-state index >= 15 is 0 Å². The van der Waals surface area contributed by atoms with Crippen LogP contribution in [0.5, 0.6) is 0 Å². The standard InChI is InChI=1S/C29H28N2/c1-6-8-13-19(3)18-31-25-17-12-10-15-23(25)27-20(4)26-22-14-9-11-16-24(22)30(7-2)28(26)21(5)29(27)31/h6,8-17H,1,3,7,18H2,2,4-5H3/b13-8-. The van der Waals surface area contributed by atoms with Gasteiger partial charge in [0.2, 0.25) is 0 Å². The summed E-state index contributed by atoms with van der Waals surface area (Å²) < 4.78 is 4.92. The van der Waals surface area contributed by atoms with Crippen molar-refractivity contribution in [3.8, 4) is 0 Å². The molecule has 5 aromatic rings. The smallest absolute Gasteiger partial charge is 0.0548 e. The van der Waals surface area contributed by atoms with Gasteiger partial charge in [0.05, 0.1) is 11.0 Å². The third-order valence-corrected chi connectivity index (χ3v) is 6.55.